The number of hydrogen-bond donors (Lipinski definition) is 1. The maximum atomic E-state index is 12.7. The highest BCUT2D eigenvalue weighted by atomic mass is 16.4. The highest BCUT2D eigenvalue weighted by Gasteiger charge is 2.42. The van der Waals surface area contributed by atoms with E-state index in [1.54, 1.807) is 15.8 Å². The number of carbonyl (C=O) groups excluding carboxylic acids is 1. The molecule has 1 aliphatic rings. The van der Waals surface area contributed by atoms with E-state index in [1.807, 2.05) is 20.8 Å². The second kappa shape index (κ2) is 5.87. The quantitative estimate of drug-likeness (QED) is 0.920. The first-order chi connectivity index (χ1) is 9.95. The van der Waals surface area contributed by atoms with E-state index < -0.39 is 11.4 Å². The Morgan fingerprint density at radius 1 is 1.43 bits per heavy atom. The summed E-state index contributed by atoms with van der Waals surface area (Å²) in [7, 11) is 0. The summed E-state index contributed by atoms with van der Waals surface area (Å²) in [5.41, 5.74) is 0.613. The molecular formula is C15H23N3O3. The molecule has 0 spiro atoms. The minimum atomic E-state index is -0.803. The lowest BCUT2D eigenvalue weighted by molar-refractivity contribution is -0.152. The molecule has 2 rings (SSSR count). The van der Waals surface area contributed by atoms with Gasteiger partial charge in [0.2, 0.25) is 0 Å². The van der Waals surface area contributed by atoms with Crippen LogP contribution in [0.25, 0.3) is 0 Å². The van der Waals surface area contributed by atoms with Gasteiger partial charge in [0, 0.05) is 25.3 Å². The number of carboxylic acid groups (broad SMARTS) is 1. The van der Waals surface area contributed by atoms with Crippen LogP contribution >= 0.6 is 0 Å². The number of carbonyl (C=O) groups is 2. The Morgan fingerprint density at radius 3 is 2.67 bits per heavy atom. The van der Waals surface area contributed by atoms with E-state index in [0.717, 1.165) is 12.1 Å². The van der Waals surface area contributed by atoms with Gasteiger partial charge in [-0.1, -0.05) is 6.92 Å². The number of rotatable bonds is 4. The van der Waals surface area contributed by atoms with Crippen LogP contribution in [0.1, 0.15) is 49.2 Å². The van der Waals surface area contributed by atoms with Gasteiger partial charge in [-0.2, -0.15) is 5.10 Å². The van der Waals surface area contributed by atoms with Crippen LogP contribution in [0, 0.1) is 12.3 Å². The van der Waals surface area contributed by atoms with Crippen molar-refractivity contribution in [3.05, 3.63) is 17.5 Å². The molecule has 6 heteroatoms. The second-order valence-electron chi connectivity index (χ2n) is 5.73. The molecule has 0 radical (unpaired) electrons. The van der Waals surface area contributed by atoms with Gasteiger partial charge in [0.15, 0.2) is 0 Å². The van der Waals surface area contributed by atoms with E-state index in [-0.39, 0.29) is 12.5 Å². The molecule has 1 amide bonds. The van der Waals surface area contributed by atoms with E-state index >= 15 is 0 Å². The van der Waals surface area contributed by atoms with Gasteiger partial charge in [0.05, 0.1) is 17.2 Å². The third-order valence-electron chi connectivity index (χ3n) is 4.63. The lowest BCUT2D eigenvalue weighted by Gasteiger charge is -2.39. The van der Waals surface area contributed by atoms with Crippen molar-refractivity contribution < 1.29 is 14.7 Å². The standard InChI is InChI=1S/C15H23N3O3/c1-4-15(14(20)21)7-6-8-17(10-15)13(19)12-9-16-18(5-2)11(12)3/h9H,4-8,10H2,1-3H3,(H,20,21)/t15-/m1/s1. The van der Waals surface area contributed by atoms with Gasteiger partial charge in [-0.15, -0.1) is 0 Å². The molecule has 0 aliphatic carbocycles. The fourth-order valence-corrected chi connectivity index (χ4v) is 3.07. The van der Waals surface area contributed by atoms with E-state index in [9.17, 15) is 14.7 Å². The van der Waals surface area contributed by atoms with Crippen molar-refractivity contribution in [1.29, 1.82) is 0 Å². The molecule has 21 heavy (non-hydrogen) atoms. The smallest absolute Gasteiger partial charge is 0.311 e. The SMILES string of the molecule is CCn1ncc(C(=O)N2CCC[C@@](CC)(C(=O)O)C2)c1C. The highest BCUT2D eigenvalue weighted by molar-refractivity contribution is 5.95. The van der Waals surface area contributed by atoms with Crippen molar-refractivity contribution in [3.8, 4) is 0 Å². The fraction of sp³-hybridized carbons (Fsp3) is 0.667. The Bertz CT molecular complexity index is 552. The molecule has 1 atom stereocenters. The third kappa shape index (κ3) is 2.66. The van der Waals surface area contributed by atoms with Gasteiger partial charge in [-0.3, -0.25) is 14.3 Å². The number of aromatic nitrogens is 2. The lowest BCUT2D eigenvalue weighted by atomic mass is 9.77. The van der Waals surface area contributed by atoms with Crippen LogP contribution in [0.2, 0.25) is 0 Å². The Morgan fingerprint density at radius 2 is 2.14 bits per heavy atom. The van der Waals surface area contributed by atoms with E-state index in [4.69, 9.17) is 0 Å². The molecular weight excluding hydrogens is 270 g/mol. The van der Waals surface area contributed by atoms with E-state index in [0.29, 0.717) is 31.5 Å². The average molecular weight is 293 g/mol. The Balaban J connectivity index is 2.23. The molecule has 1 N–H and O–H groups in total. The van der Waals surface area contributed by atoms with Crippen LogP contribution < -0.4 is 0 Å². The van der Waals surface area contributed by atoms with Crippen LogP contribution in [0.15, 0.2) is 6.20 Å². The number of aliphatic carboxylic acids is 1. The zero-order valence-corrected chi connectivity index (χ0v) is 12.9. The van der Waals surface area contributed by atoms with Crippen LogP contribution in [0.3, 0.4) is 0 Å². The average Bonchev–Trinajstić information content (AvgIpc) is 2.87. The van der Waals surface area contributed by atoms with Crippen LogP contribution in [0.4, 0.5) is 0 Å². The Labute approximate surface area is 124 Å². The molecule has 2 heterocycles. The number of piperidine rings is 1. The van der Waals surface area contributed by atoms with Gasteiger partial charge in [-0.05, 0) is 33.1 Å². The summed E-state index contributed by atoms with van der Waals surface area (Å²) in [6, 6.07) is 0. The molecule has 0 bridgehead atoms. The first kappa shape index (κ1) is 15.5. The summed E-state index contributed by atoms with van der Waals surface area (Å²) < 4.78 is 1.78. The summed E-state index contributed by atoms with van der Waals surface area (Å²) >= 11 is 0. The molecule has 116 valence electrons. The van der Waals surface area contributed by atoms with Gasteiger partial charge in [-0.25, -0.2) is 0 Å². The number of hydrogen-bond acceptors (Lipinski definition) is 3. The zero-order chi connectivity index (χ0) is 15.6. The van der Waals surface area contributed by atoms with Crippen LogP contribution in [0.5, 0.6) is 0 Å². The van der Waals surface area contributed by atoms with E-state index in [1.165, 1.54) is 0 Å². The van der Waals surface area contributed by atoms with Crippen LogP contribution in [-0.4, -0.2) is 44.8 Å². The molecule has 0 unspecified atom stereocenters. The van der Waals surface area contributed by atoms with Gasteiger partial charge in [0.1, 0.15) is 0 Å². The van der Waals surface area contributed by atoms with Crippen LogP contribution in [-0.2, 0) is 11.3 Å². The number of carboxylic acids is 1. The normalized spacial score (nSPS) is 22.3. The van der Waals surface area contributed by atoms with Crippen molar-refractivity contribution in [1.82, 2.24) is 14.7 Å². The van der Waals surface area contributed by atoms with Crippen molar-refractivity contribution in [2.75, 3.05) is 13.1 Å². The Hall–Kier alpha value is -1.85. The molecule has 1 fully saturated rings. The van der Waals surface area contributed by atoms with Gasteiger partial charge < -0.3 is 10.0 Å². The van der Waals surface area contributed by atoms with Gasteiger partial charge >= 0.3 is 5.97 Å². The zero-order valence-electron chi connectivity index (χ0n) is 12.9. The molecule has 0 aromatic carbocycles. The maximum absolute atomic E-state index is 12.7. The lowest BCUT2D eigenvalue weighted by Crippen LogP contribution is -2.49. The number of nitrogens with zero attached hydrogens (tertiary/aromatic N) is 3. The van der Waals surface area contributed by atoms with Gasteiger partial charge in [0.25, 0.3) is 5.91 Å². The minimum absolute atomic E-state index is 0.106. The predicted octanol–water partition coefficient (Wildman–Crippen LogP) is 1.93. The number of aryl methyl sites for hydroxylation is 1. The van der Waals surface area contributed by atoms with Crippen molar-refractivity contribution in [2.45, 2.75) is 46.6 Å². The summed E-state index contributed by atoms with van der Waals surface area (Å²) in [6.45, 7) is 7.34. The molecule has 1 saturated heterocycles. The van der Waals surface area contributed by atoms with Crippen molar-refractivity contribution >= 4 is 11.9 Å². The number of amides is 1. The molecule has 1 aliphatic heterocycles. The van der Waals surface area contributed by atoms with Crippen molar-refractivity contribution in [2.24, 2.45) is 5.41 Å². The van der Waals surface area contributed by atoms with Crippen molar-refractivity contribution in [3.63, 3.8) is 0 Å². The first-order valence-corrected chi connectivity index (χ1v) is 7.50. The molecule has 0 saturated carbocycles. The molecule has 1 aromatic heterocycles. The maximum Gasteiger partial charge on any atom is 0.311 e. The minimum Gasteiger partial charge on any atom is -0.481 e. The molecule has 1 aromatic rings. The summed E-state index contributed by atoms with van der Waals surface area (Å²) in [4.78, 5) is 25.9. The second-order valence-corrected chi connectivity index (χ2v) is 5.73. The monoisotopic (exact) mass is 293 g/mol. The molecule has 6 nitrogen and oxygen atoms in total. The summed E-state index contributed by atoms with van der Waals surface area (Å²) in [5.74, 6) is -0.908. The highest BCUT2D eigenvalue weighted by Crippen LogP contribution is 2.34. The summed E-state index contributed by atoms with van der Waals surface area (Å²) in [5, 5.41) is 13.7. The van der Waals surface area contributed by atoms with E-state index in [2.05, 4.69) is 5.10 Å². The fourth-order valence-electron chi connectivity index (χ4n) is 3.07. The number of likely N-dealkylation sites (tertiary alicyclic amines) is 1. The third-order valence-corrected chi connectivity index (χ3v) is 4.63. The summed E-state index contributed by atoms with van der Waals surface area (Å²) in [6.07, 6.45) is 3.49. The largest absolute Gasteiger partial charge is 0.481 e. The predicted molar refractivity (Wildman–Crippen MR) is 78.1 cm³/mol. The Kier molecular flexibility index (Phi) is 4.34. The first-order valence-electron chi connectivity index (χ1n) is 7.50. The topological polar surface area (TPSA) is 75.4 Å².